The fraction of sp³-hybridized carbons (Fsp3) is 0.600. The molecule has 1 fully saturated rings. The second-order valence-corrected chi connectivity index (χ2v) is 5.40. The number of nitrogens with zero attached hydrogens (tertiary/aromatic N) is 1. The van der Waals surface area contributed by atoms with Crippen LogP contribution in [0.3, 0.4) is 0 Å². The Bertz CT molecular complexity index is 343. The maximum atomic E-state index is 5.98. The van der Waals surface area contributed by atoms with Crippen molar-refractivity contribution in [3.05, 3.63) is 29.8 Å². The highest BCUT2D eigenvalue weighted by molar-refractivity contribution is 5.46. The summed E-state index contributed by atoms with van der Waals surface area (Å²) in [6.07, 6.45) is 7.10. The Hall–Kier alpha value is -1.02. The number of anilines is 1. The summed E-state index contributed by atoms with van der Waals surface area (Å²) in [6.45, 7) is 2.19. The third kappa shape index (κ3) is 3.74. The van der Waals surface area contributed by atoms with Crippen LogP contribution in [-0.2, 0) is 6.54 Å². The molecule has 0 saturated heterocycles. The van der Waals surface area contributed by atoms with Crippen LogP contribution in [0.15, 0.2) is 24.3 Å². The molecule has 1 saturated carbocycles. The summed E-state index contributed by atoms with van der Waals surface area (Å²) in [5.41, 5.74) is 8.15. The zero-order chi connectivity index (χ0) is 12.1. The van der Waals surface area contributed by atoms with Crippen molar-refractivity contribution in [3.63, 3.8) is 0 Å². The molecule has 0 heterocycles. The van der Waals surface area contributed by atoms with Crippen LogP contribution in [0.2, 0.25) is 0 Å². The molecular weight excluding hydrogens is 208 g/mol. The van der Waals surface area contributed by atoms with E-state index in [0.29, 0.717) is 0 Å². The van der Waals surface area contributed by atoms with Crippen molar-refractivity contribution in [2.75, 3.05) is 19.3 Å². The Morgan fingerprint density at radius 3 is 2.59 bits per heavy atom. The smallest absolute Gasteiger partial charge is 0.0359 e. The zero-order valence-electron chi connectivity index (χ0n) is 10.9. The van der Waals surface area contributed by atoms with Gasteiger partial charge in [0.05, 0.1) is 0 Å². The number of rotatable bonds is 4. The fourth-order valence-electron chi connectivity index (χ4n) is 2.84. The lowest BCUT2D eigenvalue weighted by Crippen LogP contribution is -2.27. The van der Waals surface area contributed by atoms with Gasteiger partial charge >= 0.3 is 0 Å². The standard InChI is InChI=1S/C15H24N2/c1-17(11-13-7-3-2-4-8-13)12-14-9-5-6-10-15(14)16/h5-6,9-10,13H,2-4,7-8,11-12,16H2,1H3. The second kappa shape index (κ2) is 6.06. The molecule has 94 valence electrons. The average molecular weight is 232 g/mol. The molecule has 0 amide bonds. The quantitative estimate of drug-likeness (QED) is 0.807. The van der Waals surface area contributed by atoms with Crippen molar-refractivity contribution in [1.29, 1.82) is 0 Å². The Morgan fingerprint density at radius 2 is 1.88 bits per heavy atom. The number of hydrogen-bond acceptors (Lipinski definition) is 2. The van der Waals surface area contributed by atoms with Crippen molar-refractivity contribution in [3.8, 4) is 0 Å². The van der Waals surface area contributed by atoms with Gasteiger partial charge in [-0.25, -0.2) is 0 Å². The van der Waals surface area contributed by atoms with E-state index < -0.39 is 0 Å². The molecule has 0 atom stereocenters. The van der Waals surface area contributed by atoms with E-state index in [1.165, 1.54) is 44.2 Å². The van der Waals surface area contributed by atoms with Crippen molar-refractivity contribution >= 4 is 5.69 Å². The average Bonchev–Trinajstić information content (AvgIpc) is 2.33. The van der Waals surface area contributed by atoms with Crippen LogP contribution in [0.4, 0.5) is 5.69 Å². The van der Waals surface area contributed by atoms with E-state index in [4.69, 9.17) is 5.73 Å². The van der Waals surface area contributed by atoms with Crippen LogP contribution in [0.5, 0.6) is 0 Å². The molecule has 17 heavy (non-hydrogen) atoms. The molecule has 1 aromatic rings. The van der Waals surface area contributed by atoms with Crippen LogP contribution in [-0.4, -0.2) is 18.5 Å². The van der Waals surface area contributed by atoms with Crippen molar-refractivity contribution < 1.29 is 0 Å². The molecule has 0 spiro atoms. The van der Waals surface area contributed by atoms with Crippen molar-refractivity contribution in [2.45, 2.75) is 38.6 Å². The third-order valence-corrected chi connectivity index (χ3v) is 3.79. The van der Waals surface area contributed by atoms with E-state index in [1.807, 2.05) is 12.1 Å². The van der Waals surface area contributed by atoms with E-state index in [2.05, 4.69) is 24.1 Å². The van der Waals surface area contributed by atoms with Gasteiger partial charge in [0.2, 0.25) is 0 Å². The normalized spacial score (nSPS) is 17.5. The molecule has 2 rings (SSSR count). The van der Waals surface area contributed by atoms with E-state index >= 15 is 0 Å². The Balaban J connectivity index is 1.84. The first-order chi connectivity index (χ1) is 8.25. The van der Waals surface area contributed by atoms with Gasteiger partial charge in [-0.15, -0.1) is 0 Å². The SMILES string of the molecule is CN(Cc1ccccc1N)CC1CCCCC1. The van der Waals surface area contributed by atoms with Gasteiger partial charge in [0.1, 0.15) is 0 Å². The lowest BCUT2D eigenvalue weighted by Gasteiger charge is -2.27. The predicted octanol–water partition coefficient (Wildman–Crippen LogP) is 3.28. The number of para-hydroxylation sites is 1. The second-order valence-electron chi connectivity index (χ2n) is 5.40. The summed E-state index contributed by atoms with van der Waals surface area (Å²) < 4.78 is 0. The third-order valence-electron chi connectivity index (χ3n) is 3.79. The number of benzene rings is 1. The first-order valence-corrected chi connectivity index (χ1v) is 6.77. The number of nitrogens with two attached hydrogens (primary N) is 1. The van der Waals surface area contributed by atoms with Gasteiger partial charge in [0.25, 0.3) is 0 Å². The summed E-state index contributed by atoms with van der Waals surface area (Å²) in [4.78, 5) is 2.42. The highest BCUT2D eigenvalue weighted by atomic mass is 15.1. The maximum Gasteiger partial charge on any atom is 0.0359 e. The van der Waals surface area contributed by atoms with Gasteiger partial charge in [-0.05, 0) is 37.4 Å². The van der Waals surface area contributed by atoms with Crippen LogP contribution in [0, 0.1) is 5.92 Å². The Labute approximate surface area is 105 Å². The molecule has 0 unspecified atom stereocenters. The largest absolute Gasteiger partial charge is 0.398 e. The lowest BCUT2D eigenvalue weighted by atomic mass is 9.89. The molecule has 2 heteroatoms. The highest BCUT2D eigenvalue weighted by Crippen LogP contribution is 2.24. The molecule has 0 aromatic heterocycles. The summed E-state index contributed by atoms with van der Waals surface area (Å²) in [7, 11) is 2.21. The van der Waals surface area contributed by atoms with E-state index in [0.717, 1.165) is 18.2 Å². The molecular formula is C15H24N2. The molecule has 1 aliphatic rings. The minimum absolute atomic E-state index is 0.902. The van der Waals surface area contributed by atoms with Gasteiger partial charge < -0.3 is 10.6 Å². The summed E-state index contributed by atoms with van der Waals surface area (Å²) in [5.74, 6) is 0.902. The van der Waals surface area contributed by atoms with Crippen molar-refractivity contribution in [2.24, 2.45) is 5.92 Å². The predicted molar refractivity (Wildman–Crippen MR) is 73.8 cm³/mol. The molecule has 0 bridgehead atoms. The molecule has 0 aliphatic heterocycles. The first kappa shape index (κ1) is 12.4. The molecule has 1 aliphatic carbocycles. The lowest BCUT2D eigenvalue weighted by molar-refractivity contribution is 0.228. The Kier molecular flexibility index (Phi) is 4.43. The highest BCUT2D eigenvalue weighted by Gasteiger charge is 2.15. The number of hydrogen-bond donors (Lipinski definition) is 1. The van der Waals surface area contributed by atoms with Crippen LogP contribution < -0.4 is 5.73 Å². The molecule has 1 aromatic carbocycles. The molecule has 0 radical (unpaired) electrons. The monoisotopic (exact) mass is 232 g/mol. The summed E-state index contributed by atoms with van der Waals surface area (Å²) >= 11 is 0. The molecule has 2 N–H and O–H groups in total. The van der Waals surface area contributed by atoms with Crippen LogP contribution >= 0.6 is 0 Å². The van der Waals surface area contributed by atoms with E-state index in [-0.39, 0.29) is 0 Å². The minimum atomic E-state index is 0.902. The van der Waals surface area contributed by atoms with Crippen molar-refractivity contribution in [1.82, 2.24) is 4.90 Å². The maximum absolute atomic E-state index is 5.98. The Morgan fingerprint density at radius 1 is 1.18 bits per heavy atom. The topological polar surface area (TPSA) is 29.3 Å². The molecule has 2 nitrogen and oxygen atoms in total. The van der Waals surface area contributed by atoms with Gasteiger partial charge in [-0.2, -0.15) is 0 Å². The van der Waals surface area contributed by atoms with Gasteiger partial charge in [0, 0.05) is 18.8 Å². The van der Waals surface area contributed by atoms with Crippen LogP contribution in [0.25, 0.3) is 0 Å². The first-order valence-electron chi connectivity index (χ1n) is 6.77. The van der Waals surface area contributed by atoms with Crippen LogP contribution in [0.1, 0.15) is 37.7 Å². The van der Waals surface area contributed by atoms with E-state index in [1.54, 1.807) is 0 Å². The van der Waals surface area contributed by atoms with Gasteiger partial charge in [-0.3, -0.25) is 0 Å². The van der Waals surface area contributed by atoms with Gasteiger partial charge in [0.15, 0.2) is 0 Å². The summed E-state index contributed by atoms with van der Waals surface area (Å²) in [6, 6.07) is 8.19. The minimum Gasteiger partial charge on any atom is -0.398 e. The zero-order valence-corrected chi connectivity index (χ0v) is 10.9. The van der Waals surface area contributed by atoms with Gasteiger partial charge in [-0.1, -0.05) is 37.5 Å². The number of nitrogen functional groups attached to an aromatic ring is 1. The fourth-order valence-corrected chi connectivity index (χ4v) is 2.84. The van der Waals surface area contributed by atoms with E-state index in [9.17, 15) is 0 Å². The summed E-state index contributed by atoms with van der Waals surface area (Å²) in [5, 5.41) is 0.